The molecule has 4 rings (SSSR count). The predicted molar refractivity (Wildman–Crippen MR) is 69.9 cm³/mol. The number of aromatic nitrogens is 2. The molecule has 98 valence electrons. The number of nitrogens with zero attached hydrogens (tertiary/aromatic N) is 2. The second kappa shape index (κ2) is 3.92. The Morgan fingerprint density at radius 3 is 2.63 bits per heavy atom. The van der Waals surface area contributed by atoms with Crippen LogP contribution in [0.3, 0.4) is 0 Å². The number of aliphatic hydroxyl groups is 2. The van der Waals surface area contributed by atoms with E-state index in [1.165, 1.54) is 5.56 Å². The monoisotopic (exact) mass is 256 g/mol. The highest BCUT2D eigenvalue weighted by Crippen LogP contribution is 2.52. The summed E-state index contributed by atoms with van der Waals surface area (Å²) in [4.78, 5) is 0. The van der Waals surface area contributed by atoms with Crippen molar-refractivity contribution >= 4 is 0 Å². The van der Waals surface area contributed by atoms with Gasteiger partial charge in [0.2, 0.25) is 0 Å². The van der Waals surface area contributed by atoms with E-state index < -0.39 is 12.2 Å². The van der Waals surface area contributed by atoms with Crippen LogP contribution in [0.4, 0.5) is 0 Å². The summed E-state index contributed by atoms with van der Waals surface area (Å²) in [5.41, 5.74) is 3.31. The highest BCUT2D eigenvalue weighted by atomic mass is 16.3. The van der Waals surface area contributed by atoms with E-state index in [9.17, 15) is 10.2 Å². The average Bonchev–Trinajstić information content (AvgIpc) is 3.03. The fourth-order valence-electron chi connectivity index (χ4n) is 3.49. The zero-order valence-electron chi connectivity index (χ0n) is 10.5. The van der Waals surface area contributed by atoms with Crippen LogP contribution in [0, 0.1) is 0 Å². The molecule has 4 nitrogen and oxygen atoms in total. The smallest absolute Gasteiger partial charge is 0.0889 e. The lowest BCUT2D eigenvalue weighted by atomic mass is 9.93. The summed E-state index contributed by atoms with van der Waals surface area (Å²) in [5, 5.41) is 24.5. The van der Waals surface area contributed by atoms with Gasteiger partial charge < -0.3 is 10.2 Å². The SMILES string of the molecule is O[C@@H]1[C@H](O)[C@@H]2C[C@H]1c1nn(Cc3ccccc3)cc12. The number of hydrogen-bond donors (Lipinski definition) is 2. The fraction of sp³-hybridized carbons (Fsp3) is 0.400. The van der Waals surface area contributed by atoms with Crippen molar-refractivity contribution in [2.24, 2.45) is 0 Å². The molecule has 0 amide bonds. The minimum atomic E-state index is -0.641. The van der Waals surface area contributed by atoms with Crippen molar-refractivity contribution in [1.82, 2.24) is 9.78 Å². The van der Waals surface area contributed by atoms with Gasteiger partial charge in [-0.05, 0) is 17.5 Å². The molecule has 19 heavy (non-hydrogen) atoms. The maximum absolute atomic E-state index is 9.95. The average molecular weight is 256 g/mol. The summed E-state index contributed by atoms with van der Waals surface area (Å²) in [6, 6.07) is 10.2. The maximum atomic E-state index is 9.95. The minimum absolute atomic E-state index is 0.0204. The van der Waals surface area contributed by atoms with E-state index in [0.29, 0.717) is 0 Å². The molecule has 0 unspecified atom stereocenters. The van der Waals surface area contributed by atoms with Gasteiger partial charge in [-0.15, -0.1) is 0 Å². The van der Waals surface area contributed by atoms with Crippen molar-refractivity contribution in [1.29, 1.82) is 0 Å². The first-order valence-electron chi connectivity index (χ1n) is 6.71. The third-order valence-electron chi connectivity index (χ3n) is 4.44. The van der Waals surface area contributed by atoms with Crippen molar-refractivity contribution in [3.05, 3.63) is 53.3 Å². The maximum Gasteiger partial charge on any atom is 0.0889 e. The molecule has 1 aromatic heterocycles. The third-order valence-corrected chi connectivity index (χ3v) is 4.44. The Balaban J connectivity index is 1.65. The van der Waals surface area contributed by atoms with Gasteiger partial charge in [-0.25, -0.2) is 0 Å². The Morgan fingerprint density at radius 2 is 1.84 bits per heavy atom. The Hall–Kier alpha value is -1.65. The second-order valence-electron chi connectivity index (χ2n) is 5.58. The Labute approximate surface area is 111 Å². The van der Waals surface area contributed by atoms with Gasteiger partial charge in [0.15, 0.2) is 0 Å². The Kier molecular flexibility index (Phi) is 2.31. The van der Waals surface area contributed by atoms with Gasteiger partial charge >= 0.3 is 0 Å². The van der Waals surface area contributed by atoms with Crippen LogP contribution in [-0.4, -0.2) is 32.2 Å². The molecule has 2 aliphatic rings. The van der Waals surface area contributed by atoms with Crippen LogP contribution in [0.15, 0.2) is 36.5 Å². The summed E-state index contributed by atoms with van der Waals surface area (Å²) in [5.74, 6) is 0.0894. The number of aliphatic hydroxyl groups excluding tert-OH is 2. The standard InChI is InChI=1S/C15H16N2O2/c18-14-10-6-11(15(14)19)13-12(10)8-17(16-13)7-9-4-2-1-3-5-9/h1-5,8,10-11,14-15,18-19H,6-7H2/t10-,11+,14-,15+/m1/s1. The van der Waals surface area contributed by atoms with Crippen molar-refractivity contribution in [2.75, 3.05) is 0 Å². The number of rotatable bonds is 2. The van der Waals surface area contributed by atoms with Crippen LogP contribution in [0.5, 0.6) is 0 Å². The van der Waals surface area contributed by atoms with Crippen molar-refractivity contribution < 1.29 is 10.2 Å². The highest BCUT2D eigenvalue weighted by molar-refractivity contribution is 5.39. The van der Waals surface area contributed by atoms with E-state index in [2.05, 4.69) is 17.2 Å². The summed E-state index contributed by atoms with van der Waals surface area (Å²) in [6.07, 6.45) is 1.61. The number of fused-ring (bicyclic) bond motifs is 5. The number of hydrogen-bond acceptors (Lipinski definition) is 3. The van der Waals surface area contributed by atoms with Gasteiger partial charge in [0.25, 0.3) is 0 Å². The Morgan fingerprint density at radius 1 is 1.11 bits per heavy atom. The molecule has 1 fully saturated rings. The molecular formula is C15H16N2O2. The van der Waals surface area contributed by atoms with Crippen LogP contribution in [0.25, 0.3) is 0 Å². The van der Waals surface area contributed by atoms with Gasteiger partial charge in [-0.3, -0.25) is 4.68 Å². The quantitative estimate of drug-likeness (QED) is 0.850. The molecule has 2 aromatic rings. The van der Waals surface area contributed by atoms with E-state index in [0.717, 1.165) is 24.2 Å². The van der Waals surface area contributed by atoms with Gasteiger partial charge in [-0.1, -0.05) is 30.3 Å². The first-order chi connectivity index (χ1) is 9.24. The van der Waals surface area contributed by atoms with Crippen molar-refractivity contribution in [3.63, 3.8) is 0 Å². The molecule has 0 aliphatic heterocycles. The zero-order chi connectivity index (χ0) is 13.0. The first kappa shape index (κ1) is 11.2. The fourth-order valence-corrected chi connectivity index (χ4v) is 3.49. The van der Waals surface area contributed by atoms with Gasteiger partial charge in [-0.2, -0.15) is 5.10 Å². The van der Waals surface area contributed by atoms with Crippen LogP contribution in [0.2, 0.25) is 0 Å². The summed E-state index contributed by atoms with van der Waals surface area (Å²) < 4.78 is 1.92. The van der Waals surface area contributed by atoms with Crippen molar-refractivity contribution in [2.45, 2.75) is 37.0 Å². The molecule has 0 saturated heterocycles. The largest absolute Gasteiger partial charge is 0.390 e. The van der Waals surface area contributed by atoms with E-state index in [-0.39, 0.29) is 11.8 Å². The molecule has 0 radical (unpaired) electrons. The van der Waals surface area contributed by atoms with Crippen LogP contribution < -0.4 is 0 Å². The summed E-state index contributed by atoms with van der Waals surface area (Å²) >= 11 is 0. The minimum Gasteiger partial charge on any atom is -0.390 e. The molecule has 4 atom stereocenters. The van der Waals surface area contributed by atoms with E-state index in [1.54, 1.807) is 0 Å². The van der Waals surface area contributed by atoms with Crippen LogP contribution in [-0.2, 0) is 6.54 Å². The lowest BCUT2D eigenvalue weighted by Crippen LogP contribution is -2.30. The molecule has 2 bridgehead atoms. The van der Waals surface area contributed by atoms with E-state index in [1.807, 2.05) is 29.1 Å². The van der Waals surface area contributed by atoms with Crippen LogP contribution >= 0.6 is 0 Å². The van der Waals surface area contributed by atoms with Crippen LogP contribution in [0.1, 0.15) is 35.1 Å². The molecule has 2 aliphatic carbocycles. The molecular weight excluding hydrogens is 240 g/mol. The molecule has 1 aromatic carbocycles. The van der Waals surface area contributed by atoms with E-state index >= 15 is 0 Å². The zero-order valence-corrected chi connectivity index (χ0v) is 10.5. The lowest BCUT2D eigenvalue weighted by Gasteiger charge is -2.21. The van der Waals surface area contributed by atoms with E-state index in [4.69, 9.17) is 0 Å². The summed E-state index contributed by atoms with van der Waals surface area (Å²) in [7, 11) is 0. The second-order valence-corrected chi connectivity index (χ2v) is 5.58. The molecule has 1 saturated carbocycles. The lowest BCUT2D eigenvalue weighted by molar-refractivity contribution is 0.0211. The van der Waals surface area contributed by atoms with Gasteiger partial charge in [0, 0.05) is 18.0 Å². The highest BCUT2D eigenvalue weighted by Gasteiger charge is 2.51. The molecule has 4 heteroatoms. The van der Waals surface area contributed by atoms with Crippen molar-refractivity contribution in [3.8, 4) is 0 Å². The predicted octanol–water partition coefficient (Wildman–Crippen LogP) is 1.24. The molecule has 0 spiro atoms. The molecule has 2 N–H and O–H groups in total. The topological polar surface area (TPSA) is 58.3 Å². The molecule has 1 heterocycles. The Bertz CT molecular complexity index is 576. The number of benzene rings is 1. The van der Waals surface area contributed by atoms with Gasteiger partial charge in [0.05, 0.1) is 24.4 Å². The normalized spacial score (nSPS) is 31.7. The first-order valence-corrected chi connectivity index (χ1v) is 6.71. The summed E-state index contributed by atoms with van der Waals surface area (Å²) in [6.45, 7) is 0.736. The van der Waals surface area contributed by atoms with Gasteiger partial charge in [0.1, 0.15) is 0 Å². The third kappa shape index (κ3) is 1.57.